The normalized spacial score (nSPS) is 13.6. The van der Waals surface area contributed by atoms with E-state index in [-0.39, 0.29) is 42.7 Å². The molecule has 0 aromatic carbocycles. The van der Waals surface area contributed by atoms with E-state index in [0.717, 1.165) is 11.3 Å². The second-order valence-corrected chi connectivity index (χ2v) is 19.6. The average Bonchev–Trinajstić information content (AvgIpc) is 3.99. The molecule has 0 saturated carbocycles. The van der Waals surface area contributed by atoms with Crippen LogP contribution in [-0.4, -0.2) is 69.3 Å². The SMILES string of the molecule is CN=CSC(=C(CCF)CC(=O)O)c1ccc(-c2sc(-c3sc(-c4cc(CC(=O)O)c(-c5ccc(C6=C(CC(=O)O)C=C(F)CS6)s5)s4)cc3F)cc2CC(=O)O)s1. The zero-order valence-electron chi connectivity index (χ0n) is 30.0. The van der Waals surface area contributed by atoms with E-state index in [1.54, 1.807) is 43.4 Å². The Morgan fingerprint density at radius 2 is 1.31 bits per heavy atom. The third-order valence-electron chi connectivity index (χ3n) is 8.24. The highest BCUT2D eigenvalue weighted by Gasteiger charge is 2.25. The van der Waals surface area contributed by atoms with Crippen LogP contribution in [0.2, 0.25) is 0 Å². The number of thioether (sulfide) groups is 2. The van der Waals surface area contributed by atoms with Crippen molar-refractivity contribution in [1.29, 1.82) is 0 Å². The smallest absolute Gasteiger partial charge is 0.307 e. The number of rotatable bonds is 18. The number of aliphatic carboxylic acids is 4. The summed E-state index contributed by atoms with van der Waals surface area (Å²) in [5.41, 5.74) is 3.21. The molecule has 0 spiro atoms. The third-order valence-corrected chi connectivity index (χ3v) is 17.2. The summed E-state index contributed by atoms with van der Waals surface area (Å²) < 4.78 is 43.5. The molecular formula is C39H30F3NO8S7. The summed E-state index contributed by atoms with van der Waals surface area (Å²) in [6.45, 7) is -0.752. The molecule has 19 heteroatoms. The van der Waals surface area contributed by atoms with E-state index in [9.17, 15) is 48.4 Å². The van der Waals surface area contributed by atoms with Crippen molar-refractivity contribution >= 4 is 119 Å². The van der Waals surface area contributed by atoms with Crippen molar-refractivity contribution < 1.29 is 52.8 Å². The van der Waals surface area contributed by atoms with E-state index >= 15 is 4.39 Å². The quantitative estimate of drug-likeness (QED) is 0.0492. The van der Waals surface area contributed by atoms with Crippen LogP contribution in [0.5, 0.6) is 0 Å². The Bertz CT molecular complexity index is 2530. The summed E-state index contributed by atoms with van der Waals surface area (Å²) >= 11 is 8.60. The Kier molecular flexibility index (Phi) is 14.4. The zero-order valence-corrected chi connectivity index (χ0v) is 35.7. The monoisotopic (exact) mass is 921 g/mol. The summed E-state index contributed by atoms with van der Waals surface area (Å²) in [4.78, 5) is 58.1. The fraction of sp³-hybridized carbons (Fsp3) is 0.205. The number of halogens is 3. The molecule has 0 atom stereocenters. The maximum absolute atomic E-state index is 15.9. The van der Waals surface area contributed by atoms with Crippen LogP contribution in [0.4, 0.5) is 13.2 Å². The molecule has 302 valence electrons. The first-order valence-corrected chi connectivity index (χ1v) is 22.9. The van der Waals surface area contributed by atoms with Gasteiger partial charge < -0.3 is 20.4 Å². The molecule has 0 unspecified atom stereocenters. The number of hydrogen-bond donors (Lipinski definition) is 4. The summed E-state index contributed by atoms with van der Waals surface area (Å²) in [5.74, 6) is -5.27. The minimum atomic E-state index is -1.11. The standard InChI is InChI=1S/C39H30F3NO8S7/c1-43-17-53-35(18(6-7-40)11-31(44)45)24-2-4-27(54-24)38-21(14-34(50)51)10-30(58-38)39-23(42)15-29(57-39)28-9-20(13-33(48)49)37(56-28)26-5-3-25(55-26)36-19(12-32(46)47)8-22(41)16-52-36/h2-5,8-10,15,17H,6-7,11-14,16H2,1H3,(H,44,45)(H,46,47)(H,48,49)(H,50,51). The number of carboxylic acid groups (broad SMARTS) is 4. The summed E-state index contributed by atoms with van der Waals surface area (Å²) in [5, 5.41) is 38.4. The van der Waals surface area contributed by atoms with Crippen LogP contribution in [0.25, 0.3) is 48.8 Å². The number of allylic oxidation sites excluding steroid dienone is 1. The van der Waals surface area contributed by atoms with Crippen LogP contribution < -0.4 is 0 Å². The van der Waals surface area contributed by atoms with Crippen molar-refractivity contribution in [3.05, 3.63) is 92.2 Å². The maximum atomic E-state index is 15.9. The number of carbonyl (C=O) groups is 4. The molecule has 4 N–H and O–H groups in total. The molecule has 6 rings (SSSR count). The molecule has 5 aromatic heterocycles. The first-order valence-electron chi connectivity index (χ1n) is 17.0. The molecule has 0 radical (unpaired) electrons. The number of nitrogens with zero attached hydrogens (tertiary/aromatic N) is 1. The minimum absolute atomic E-state index is 0.0620. The number of hydrogen-bond acceptors (Lipinski definition) is 12. The highest BCUT2D eigenvalue weighted by Crippen LogP contribution is 2.50. The van der Waals surface area contributed by atoms with Gasteiger partial charge in [0.15, 0.2) is 0 Å². The molecule has 5 aromatic rings. The summed E-state index contributed by atoms with van der Waals surface area (Å²) in [6, 6.07) is 11.8. The topological polar surface area (TPSA) is 162 Å². The first kappa shape index (κ1) is 43.3. The van der Waals surface area contributed by atoms with Crippen molar-refractivity contribution in [1.82, 2.24) is 0 Å². The molecule has 0 bridgehead atoms. The fourth-order valence-electron chi connectivity index (χ4n) is 5.97. The van der Waals surface area contributed by atoms with Crippen LogP contribution in [0.3, 0.4) is 0 Å². The Morgan fingerprint density at radius 1 is 0.724 bits per heavy atom. The van der Waals surface area contributed by atoms with Crippen LogP contribution in [0, 0.1) is 5.82 Å². The lowest BCUT2D eigenvalue weighted by Gasteiger charge is -2.14. The largest absolute Gasteiger partial charge is 0.481 e. The Hall–Kier alpha value is -4.24. The van der Waals surface area contributed by atoms with Gasteiger partial charge in [-0.05, 0) is 77.2 Å². The van der Waals surface area contributed by atoms with Gasteiger partial charge in [-0.1, -0.05) is 11.8 Å². The molecule has 58 heavy (non-hydrogen) atoms. The molecular weight excluding hydrogens is 892 g/mol. The Balaban J connectivity index is 1.37. The van der Waals surface area contributed by atoms with Crippen LogP contribution in [0.15, 0.2) is 70.5 Å². The average molecular weight is 922 g/mol. The van der Waals surface area contributed by atoms with E-state index in [2.05, 4.69) is 4.99 Å². The summed E-state index contributed by atoms with van der Waals surface area (Å²) in [6.07, 6.45) is -0.221. The van der Waals surface area contributed by atoms with Crippen LogP contribution in [-0.2, 0) is 32.0 Å². The Labute approximate surface area is 357 Å². The van der Waals surface area contributed by atoms with Crippen LogP contribution in [0.1, 0.15) is 40.1 Å². The molecule has 1 aliphatic heterocycles. The second kappa shape index (κ2) is 19.2. The molecule has 0 aliphatic carbocycles. The van der Waals surface area contributed by atoms with E-state index in [1.807, 2.05) is 0 Å². The number of aliphatic imine (C=N–C) groups is 1. The highest BCUT2D eigenvalue weighted by molar-refractivity contribution is 8.20. The van der Waals surface area contributed by atoms with Gasteiger partial charge in [-0.25, -0.2) is 8.78 Å². The maximum Gasteiger partial charge on any atom is 0.307 e. The van der Waals surface area contributed by atoms with Gasteiger partial charge in [-0.3, -0.25) is 28.6 Å². The van der Waals surface area contributed by atoms with Gasteiger partial charge in [-0.15, -0.1) is 68.4 Å². The molecule has 0 amide bonds. The van der Waals surface area contributed by atoms with Crippen molar-refractivity contribution in [2.45, 2.75) is 32.1 Å². The summed E-state index contributed by atoms with van der Waals surface area (Å²) in [7, 11) is 1.56. The second-order valence-electron chi connectivity index (χ2n) is 12.4. The van der Waals surface area contributed by atoms with Crippen molar-refractivity contribution in [2.24, 2.45) is 4.99 Å². The van der Waals surface area contributed by atoms with Gasteiger partial charge >= 0.3 is 23.9 Å². The Morgan fingerprint density at radius 3 is 1.95 bits per heavy atom. The predicted octanol–water partition coefficient (Wildman–Crippen LogP) is 11.8. The van der Waals surface area contributed by atoms with Crippen molar-refractivity contribution in [3.63, 3.8) is 0 Å². The van der Waals surface area contributed by atoms with Gasteiger partial charge in [0.2, 0.25) is 0 Å². The van der Waals surface area contributed by atoms with E-state index in [1.165, 1.54) is 86.6 Å². The molecule has 0 saturated heterocycles. The molecule has 9 nitrogen and oxygen atoms in total. The van der Waals surface area contributed by atoms with Gasteiger partial charge in [0.25, 0.3) is 0 Å². The van der Waals surface area contributed by atoms with Gasteiger partial charge in [-0.2, -0.15) is 0 Å². The predicted molar refractivity (Wildman–Crippen MR) is 233 cm³/mol. The van der Waals surface area contributed by atoms with E-state index < -0.39 is 42.2 Å². The number of alkyl halides is 1. The lowest BCUT2D eigenvalue weighted by atomic mass is 10.1. The van der Waals surface area contributed by atoms with Gasteiger partial charge in [0, 0.05) is 60.8 Å². The van der Waals surface area contributed by atoms with Gasteiger partial charge in [0.1, 0.15) is 11.6 Å². The minimum Gasteiger partial charge on any atom is -0.481 e. The zero-order chi connectivity index (χ0) is 41.7. The molecule has 0 fully saturated rings. The van der Waals surface area contributed by atoms with E-state index in [4.69, 9.17) is 0 Å². The van der Waals surface area contributed by atoms with Crippen LogP contribution >= 0.6 is 80.2 Å². The van der Waals surface area contributed by atoms with Crippen molar-refractivity contribution in [2.75, 3.05) is 19.5 Å². The highest BCUT2D eigenvalue weighted by atomic mass is 32.2. The number of carboxylic acids is 4. The molecule has 1 aliphatic rings. The third kappa shape index (κ3) is 10.3. The number of thiophene rings is 5. The fourth-order valence-corrected chi connectivity index (χ4v) is 14.0. The first-order chi connectivity index (χ1) is 27.7. The van der Waals surface area contributed by atoms with Crippen molar-refractivity contribution in [3.8, 4) is 39.0 Å². The van der Waals surface area contributed by atoms with E-state index in [0.29, 0.717) is 76.0 Å². The lowest BCUT2D eigenvalue weighted by Crippen LogP contribution is -2.01. The van der Waals surface area contributed by atoms with Gasteiger partial charge in [0.05, 0.1) is 48.5 Å². The molecule has 6 heterocycles. The lowest BCUT2D eigenvalue weighted by molar-refractivity contribution is -0.137.